The summed E-state index contributed by atoms with van der Waals surface area (Å²) in [6.45, 7) is 7.72. The SMILES string of the molecule is CCSc1nc(Nc2nc(CC)nc(N3CCN(C)CC3)n2)cc(=O)[nH]1. The molecule has 0 unspecified atom stereocenters. The van der Waals surface area contributed by atoms with Crippen LogP contribution in [0.3, 0.4) is 0 Å². The third-order valence-electron chi connectivity index (χ3n) is 4.01. The van der Waals surface area contributed by atoms with Crippen LogP contribution in [0.25, 0.3) is 0 Å². The fraction of sp³-hybridized carbons (Fsp3) is 0.562. The van der Waals surface area contributed by atoms with Gasteiger partial charge in [-0.15, -0.1) is 0 Å². The van der Waals surface area contributed by atoms with Crippen molar-refractivity contribution in [2.45, 2.75) is 25.4 Å². The van der Waals surface area contributed by atoms with Crippen LogP contribution in [-0.4, -0.2) is 68.8 Å². The molecule has 1 fully saturated rings. The highest BCUT2D eigenvalue weighted by Gasteiger charge is 2.18. The maximum absolute atomic E-state index is 11.8. The molecule has 0 atom stereocenters. The number of aromatic nitrogens is 5. The Bertz CT molecular complexity index is 803. The van der Waals surface area contributed by atoms with Crippen molar-refractivity contribution in [2.24, 2.45) is 0 Å². The molecule has 0 spiro atoms. The second kappa shape index (κ2) is 8.45. The first kappa shape index (κ1) is 18.6. The number of nitrogens with zero attached hydrogens (tertiary/aromatic N) is 6. The van der Waals surface area contributed by atoms with Gasteiger partial charge >= 0.3 is 0 Å². The Morgan fingerprint density at radius 2 is 1.92 bits per heavy atom. The minimum Gasteiger partial charge on any atom is -0.338 e. The summed E-state index contributed by atoms with van der Waals surface area (Å²) in [5.41, 5.74) is -0.206. The highest BCUT2D eigenvalue weighted by molar-refractivity contribution is 7.99. The molecule has 0 aromatic carbocycles. The lowest BCUT2D eigenvalue weighted by Crippen LogP contribution is -2.45. The Morgan fingerprint density at radius 3 is 2.62 bits per heavy atom. The van der Waals surface area contributed by atoms with E-state index in [0.717, 1.165) is 31.9 Å². The number of rotatable bonds is 6. The second-order valence-electron chi connectivity index (χ2n) is 6.01. The van der Waals surface area contributed by atoms with Crippen LogP contribution in [0.1, 0.15) is 19.7 Å². The zero-order valence-electron chi connectivity index (χ0n) is 15.3. The Balaban J connectivity index is 1.85. The number of anilines is 3. The zero-order chi connectivity index (χ0) is 18.5. The summed E-state index contributed by atoms with van der Waals surface area (Å²) in [6, 6.07) is 1.41. The van der Waals surface area contributed by atoms with Crippen molar-refractivity contribution in [3.63, 3.8) is 0 Å². The molecule has 2 N–H and O–H groups in total. The van der Waals surface area contributed by atoms with E-state index in [4.69, 9.17) is 0 Å². The number of likely N-dealkylation sites (N-methyl/N-ethyl adjacent to an activating group) is 1. The molecule has 3 heterocycles. The van der Waals surface area contributed by atoms with E-state index in [1.54, 1.807) is 0 Å². The van der Waals surface area contributed by atoms with E-state index in [2.05, 4.69) is 47.1 Å². The number of nitrogens with one attached hydrogen (secondary N) is 2. The van der Waals surface area contributed by atoms with Crippen LogP contribution < -0.4 is 15.8 Å². The predicted molar refractivity (Wildman–Crippen MR) is 103 cm³/mol. The van der Waals surface area contributed by atoms with E-state index in [9.17, 15) is 4.79 Å². The molecular formula is C16H24N8OS. The predicted octanol–water partition coefficient (Wildman–Crippen LogP) is 1.12. The van der Waals surface area contributed by atoms with Crippen molar-refractivity contribution in [3.8, 4) is 0 Å². The van der Waals surface area contributed by atoms with Crippen molar-refractivity contribution in [2.75, 3.05) is 49.2 Å². The van der Waals surface area contributed by atoms with Gasteiger partial charge in [-0.05, 0) is 12.8 Å². The maximum Gasteiger partial charge on any atom is 0.253 e. The molecule has 10 heteroatoms. The molecule has 9 nitrogen and oxygen atoms in total. The molecule has 140 valence electrons. The van der Waals surface area contributed by atoms with Crippen LogP contribution in [0, 0.1) is 0 Å². The average Bonchev–Trinajstić information content (AvgIpc) is 2.61. The summed E-state index contributed by atoms with van der Waals surface area (Å²) < 4.78 is 0. The van der Waals surface area contributed by atoms with Gasteiger partial charge in [-0.3, -0.25) is 4.79 Å². The van der Waals surface area contributed by atoms with Gasteiger partial charge in [0.25, 0.3) is 5.56 Å². The van der Waals surface area contributed by atoms with Crippen molar-refractivity contribution < 1.29 is 0 Å². The highest BCUT2D eigenvalue weighted by atomic mass is 32.2. The van der Waals surface area contributed by atoms with E-state index in [0.29, 0.717) is 35.1 Å². The molecular weight excluding hydrogens is 352 g/mol. The average molecular weight is 376 g/mol. The summed E-state index contributed by atoms with van der Waals surface area (Å²) in [5.74, 6) is 3.05. The first-order chi connectivity index (χ1) is 12.6. The quantitative estimate of drug-likeness (QED) is 0.567. The van der Waals surface area contributed by atoms with E-state index in [1.807, 2.05) is 13.8 Å². The summed E-state index contributed by atoms with van der Waals surface area (Å²) in [7, 11) is 2.11. The molecule has 26 heavy (non-hydrogen) atoms. The van der Waals surface area contributed by atoms with Gasteiger partial charge in [0.05, 0.1) is 0 Å². The van der Waals surface area contributed by atoms with Crippen LogP contribution >= 0.6 is 11.8 Å². The summed E-state index contributed by atoms with van der Waals surface area (Å²) in [4.78, 5) is 36.9. The largest absolute Gasteiger partial charge is 0.338 e. The zero-order valence-corrected chi connectivity index (χ0v) is 16.1. The Morgan fingerprint density at radius 1 is 1.15 bits per heavy atom. The smallest absolute Gasteiger partial charge is 0.253 e. The number of hydrogen-bond donors (Lipinski definition) is 2. The van der Waals surface area contributed by atoms with Crippen molar-refractivity contribution >= 4 is 29.5 Å². The topological polar surface area (TPSA) is 103 Å². The first-order valence-electron chi connectivity index (χ1n) is 8.77. The first-order valence-corrected chi connectivity index (χ1v) is 9.75. The van der Waals surface area contributed by atoms with Crippen LogP contribution in [0.2, 0.25) is 0 Å². The number of aromatic amines is 1. The Labute approximate surface area is 156 Å². The highest BCUT2D eigenvalue weighted by Crippen LogP contribution is 2.17. The van der Waals surface area contributed by atoms with Gasteiger partial charge in [0, 0.05) is 38.7 Å². The van der Waals surface area contributed by atoms with Crippen LogP contribution in [0.4, 0.5) is 17.7 Å². The van der Waals surface area contributed by atoms with E-state index >= 15 is 0 Å². The van der Waals surface area contributed by atoms with E-state index < -0.39 is 0 Å². The number of thioether (sulfide) groups is 1. The molecule has 1 saturated heterocycles. The monoisotopic (exact) mass is 376 g/mol. The molecule has 2 aromatic rings. The number of piperazine rings is 1. The molecule has 1 aliphatic rings. The van der Waals surface area contributed by atoms with Gasteiger partial charge in [0.1, 0.15) is 11.6 Å². The summed E-state index contributed by atoms with van der Waals surface area (Å²) in [6.07, 6.45) is 0.706. The Hall–Kier alpha value is -2.20. The summed E-state index contributed by atoms with van der Waals surface area (Å²) in [5, 5.41) is 3.64. The molecule has 0 amide bonds. The Kier molecular flexibility index (Phi) is 6.04. The third-order valence-corrected chi connectivity index (χ3v) is 4.77. The van der Waals surface area contributed by atoms with E-state index in [1.165, 1.54) is 17.8 Å². The molecule has 2 aromatic heterocycles. The van der Waals surface area contributed by atoms with Gasteiger partial charge in [-0.25, -0.2) is 4.98 Å². The standard InChI is InChI=1S/C16H24N8OS/c1-4-11-17-14(18-12-10-13(25)21-16(20-12)26-5-2)22-15(19-11)24-8-6-23(3)7-9-24/h10H,4-9H2,1-3H3,(H2,17,18,19,20,21,22,25). The fourth-order valence-corrected chi connectivity index (χ4v) is 3.20. The van der Waals surface area contributed by atoms with Crippen molar-refractivity contribution in [1.82, 2.24) is 29.8 Å². The lowest BCUT2D eigenvalue weighted by atomic mass is 10.3. The van der Waals surface area contributed by atoms with Gasteiger partial charge < -0.3 is 20.1 Å². The molecule has 0 saturated carbocycles. The number of aryl methyl sites for hydroxylation is 1. The molecule has 3 rings (SSSR count). The van der Waals surface area contributed by atoms with Gasteiger partial charge in [0.15, 0.2) is 5.16 Å². The minimum absolute atomic E-state index is 0.206. The number of hydrogen-bond acceptors (Lipinski definition) is 9. The molecule has 0 radical (unpaired) electrons. The van der Waals surface area contributed by atoms with Gasteiger partial charge in [-0.2, -0.15) is 15.0 Å². The lowest BCUT2D eigenvalue weighted by molar-refractivity contribution is 0.311. The maximum atomic E-state index is 11.8. The molecule has 0 aliphatic carbocycles. The molecule has 0 bridgehead atoms. The van der Waals surface area contributed by atoms with Gasteiger partial charge in [-0.1, -0.05) is 25.6 Å². The number of H-pyrrole nitrogens is 1. The van der Waals surface area contributed by atoms with Crippen molar-refractivity contribution in [3.05, 3.63) is 22.2 Å². The van der Waals surface area contributed by atoms with Gasteiger partial charge in [0.2, 0.25) is 11.9 Å². The van der Waals surface area contributed by atoms with Crippen molar-refractivity contribution in [1.29, 1.82) is 0 Å². The minimum atomic E-state index is -0.206. The normalized spacial score (nSPS) is 15.3. The van der Waals surface area contributed by atoms with Crippen LogP contribution in [0.15, 0.2) is 16.0 Å². The second-order valence-corrected chi connectivity index (χ2v) is 7.27. The van der Waals surface area contributed by atoms with E-state index in [-0.39, 0.29) is 5.56 Å². The fourth-order valence-electron chi connectivity index (χ4n) is 2.59. The van der Waals surface area contributed by atoms with Crippen LogP contribution in [0.5, 0.6) is 0 Å². The van der Waals surface area contributed by atoms with Crippen LogP contribution in [-0.2, 0) is 6.42 Å². The lowest BCUT2D eigenvalue weighted by Gasteiger charge is -2.32. The third kappa shape index (κ3) is 4.70. The summed E-state index contributed by atoms with van der Waals surface area (Å²) >= 11 is 1.48. The molecule has 1 aliphatic heterocycles.